The molecule has 4 atom stereocenters. The Labute approximate surface area is 93.8 Å². The molecule has 0 spiro atoms. The molecule has 2 rings (SSSR count). The second-order valence-electron chi connectivity index (χ2n) is 5.18. The zero-order valence-corrected chi connectivity index (χ0v) is 10.2. The first-order chi connectivity index (χ1) is 7.33. The Kier molecular flexibility index (Phi) is 4.04. The highest BCUT2D eigenvalue weighted by molar-refractivity contribution is 4.95. The lowest BCUT2D eigenvalue weighted by atomic mass is 10.0. The molecule has 88 valence electrons. The molecule has 1 aliphatic heterocycles. The first-order valence-electron chi connectivity index (χ1n) is 6.71. The van der Waals surface area contributed by atoms with Gasteiger partial charge in [0.2, 0.25) is 0 Å². The van der Waals surface area contributed by atoms with Crippen LogP contribution in [0.25, 0.3) is 0 Å². The maximum atomic E-state index is 5.69. The molecule has 1 aliphatic carbocycles. The fraction of sp³-hybridized carbons (Fsp3) is 1.00. The third kappa shape index (κ3) is 3.18. The van der Waals surface area contributed by atoms with E-state index in [2.05, 4.69) is 19.2 Å². The van der Waals surface area contributed by atoms with Gasteiger partial charge in [-0.25, -0.2) is 0 Å². The highest BCUT2D eigenvalue weighted by atomic mass is 16.5. The van der Waals surface area contributed by atoms with Crippen molar-refractivity contribution in [3.05, 3.63) is 0 Å². The molecular weight excluding hydrogens is 186 g/mol. The Balaban J connectivity index is 1.67. The van der Waals surface area contributed by atoms with Crippen LogP contribution >= 0.6 is 0 Å². The highest BCUT2D eigenvalue weighted by Gasteiger charge is 2.37. The topological polar surface area (TPSA) is 21.3 Å². The van der Waals surface area contributed by atoms with Crippen molar-refractivity contribution in [3.63, 3.8) is 0 Å². The van der Waals surface area contributed by atoms with Crippen LogP contribution in [0.1, 0.15) is 52.4 Å². The molecule has 1 saturated carbocycles. The lowest BCUT2D eigenvalue weighted by molar-refractivity contribution is -0.000550. The van der Waals surface area contributed by atoms with Gasteiger partial charge in [0, 0.05) is 18.7 Å². The van der Waals surface area contributed by atoms with Gasteiger partial charge in [0.15, 0.2) is 0 Å². The maximum Gasteiger partial charge on any atom is 0.0587 e. The molecule has 0 aromatic rings. The summed E-state index contributed by atoms with van der Waals surface area (Å²) in [6.07, 6.45) is 8.30. The summed E-state index contributed by atoms with van der Waals surface area (Å²) in [5.41, 5.74) is 0. The fourth-order valence-corrected chi connectivity index (χ4v) is 2.76. The van der Waals surface area contributed by atoms with Crippen molar-refractivity contribution in [3.8, 4) is 0 Å². The summed E-state index contributed by atoms with van der Waals surface area (Å²) in [4.78, 5) is 0. The summed E-state index contributed by atoms with van der Waals surface area (Å²) in [5.74, 6) is 0.984. The van der Waals surface area contributed by atoms with Crippen molar-refractivity contribution in [2.24, 2.45) is 5.92 Å². The van der Waals surface area contributed by atoms with Crippen molar-refractivity contribution in [1.82, 2.24) is 5.32 Å². The Morgan fingerprint density at radius 3 is 2.87 bits per heavy atom. The highest BCUT2D eigenvalue weighted by Crippen LogP contribution is 2.35. The quantitative estimate of drug-likeness (QED) is 0.755. The molecule has 2 aliphatic rings. The molecule has 1 saturated heterocycles. The minimum absolute atomic E-state index is 0.514. The van der Waals surface area contributed by atoms with Crippen LogP contribution < -0.4 is 5.32 Å². The molecule has 0 aromatic heterocycles. The van der Waals surface area contributed by atoms with Gasteiger partial charge in [-0.3, -0.25) is 0 Å². The van der Waals surface area contributed by atoms with Crippen LogP contribution in [0.4, 0.5) is 0 Å². The third-order valence-corrected chi connectivity index (χ3v) is 3.85. The first-order valence-corrected chi connectivity index (χ1v) is 6.71. The van der Waals surface area contributed by atoms with Crippen LogP contribution in [0, 0.1) is 5.92 Å². The Hall–Kier alpha value is -0.0800. The van der Waals surface area contributed by atoms with E-state index < -0.39 is 0 Å². The molecule has 2 heteroatoms. The van der Waals surface area contributed by atoms with Gasteiger partial charge in [-0.05, 0) is 38.0 Å². The van der Waals surface area contributed by atoms with Crippen LogP contribution in [-0.4, -0.2) is 24.8 Å². The summed E-state index contributed by atoms with van der Waals surface area (Å²) in [6.45, 7) is 5.47. The van der Waals surface area contributed by atoms with Gasteiger partial charge in [0.25, 0.3) is 0 Å². The SMILES string of the molecule is CCCC1CC1NC1CCOC(CC)C1. The van der Waals surface area contributed by atoms with Crippen LogP contribution in [0.2, 0.25) is 0 Å². The maximum absolute atomic E-state index is 5.69. The number of hydrogen-bond acceptors (Lipinski definition) is 2. The van der Waals surface area contributed by atoms with Crippen molar-refractivity contribution in [2.45, 2.75) is 70.6 Å². The fourth-order valence-electron chi connectivity index (χ4n) is 2.76. The summed E-state index contributed by atoms with van der Waals surface area (Å²) in [5, 5.41) is 3.81. The molecule has 4 unspecified atom stereocenters. The second kappa shape index (κ2) is 5.31. The van der Waals surface area contributed by atoms with Gasteiger partial charge in [0.05, 0.1) is 6.10 Å². The van der Waals surface area contributed by atoms with E-state index in [4.69, 9.17) is 4.74 Å². The predicted octanol–water partition coefficient (Wildman–Crippen LogP) is 2.72. The molecule has 0 bridgehead atoms. The van der Waals surface area contributed by atoms with Gasteiger partial charge in [-0.1, -0.05) is 20.3 Å². The molecule has 1 N–H and O–H groups in total. The van der Waals surface area contributed by atoms with Crippen LogP contribution in [0.5, 0.6) is 0 Å². The van der Waals surface area contributed by atoms with E-state index in [1.807, 2.05) is 0 Å². The zero-order valence-electron chi connectivity index (χ0n) is 10.2. The Morgan fingerprint density at radius 1 is 1.27 bits per heavy atom. The average molecular weight is 211 g/mol. The molecular formula is C13H25NO. The summed E-state index contributed by atoms with van der Waals surface area (Å²) < 4.78 is 5.69. The molecule has 0 aromatic carbocycles. The van der Waals surface area contributed by atoms with Gasteiger partial charge in [-0.15, -0.1) is 0 Å². The largest absolute Gasteiger partial charge is 0.378 e. The smallest absolute Gasteiger partial charge is 0.0587 e. The number of nitrogens with one attached hydrogen (secondary N) is 1. The van der Waals surface area contributed by atoms with Gasteiger partial charge in [-0.2, -0.15) is 0 Å². The standard InChI is InChI=1S/C13H25NO/c1-3-5-10-8-13(10)14-11-6-7-15-12(4-2)9-11/h10-14H,3-9H2,1-2H3. The van der Waals surface area contributed by atoms with Crippen molar-refractivity contribution >= 4 is 0 Å². The monoisotopic (exact) mass is 211 g/mol. The number of ether oxygens (including phenoxy) is 1. The molecule has 2 fully saturated rings. The molecule has 0 radical (unpaired) electrons. The molecule has 1 heterocycles. The van der Waals surface area contributed by atoms with E-state index in [0.717, 1.165) is 24.6 Å². The van der Waals surface area contributed by atoms with E-state index in [-0.39, 0.29) is 0 Å². The van der Waals surface area contributed by atoms with Crippen molar-refractivity contribution in [1.29, 1.82) is 0 Å². The van der Waals surface area contributed by atoms with Crippen molar-refractivity contribution in [2.75, 3.05) is 6.61 Å². The Morgan fingerprint density at radius 2 is 2.13 bits per heavy atom. The first kappa shape index (κ1) is 11.4. The Bertz CT molecular complexity index is 195. The summed E-state index contributed by atoms with van der Waals surface area (Å²) >= 11 is 0. The van der Waals surface area contributed by atoms with E-state index in [9.17, 15) is 0 Å². The van der Waals surface area contributed by atoms with E-state index >= 15 is 0 Å². The lowest BCUT2D eigenvalue weighted by Crippen LogP contribution is -2.40. The minimum Gasteiger partial charge on any atom is -0.378 e. The molecule has 15 heavy (non-hydrogen) atoms. The van der Waals surface area contributed by atoms with Gasteiger partial charge in [0.1, 0.15) is 0 Å². The van der Waals surface area contributed by atoms with Crippen molar-refractivity contribution < 1.29 is 4.74 Å². The summed E-state index contributed by atoms with van der Waals surface area (Å²) in [6, 6.07) is 1.57. The van der Waals surface area contributed by atoms with Gasteiger partial charge >= 0.3 is 0 Å². The van der Waals surface area contributed by atoms with Crippen LogP contribution in [0.3, 0.4) is 0 Å². The number of hydrogen-bond donors (Lipinski definition) is 1. The lowest BCUT2D eigenvalue weighted by Gasteiger charge is -2.29. The van der Waals surface area contributed by atoms with Crippen LogP contribution in [0.15, 0.2) is 0 Å². The second-order valence-corrected chi connectivity index (χ2v) is 5.18. The molecule has 2 nitrogen and oxygen atoms in total. The van der Waals surface area contributed by atoms with E-state index in [0.29, 0.717) is 6.10 Å². The average Bonchev–Trinajstić information content (AvgIpc) is 2.97. The third-order valence-electron chi connectivity index (χ3n) is 3.85. The number of rotatable bonds is 5. The van der Waals surface area contributed by atoms with E-state index in [1.54, 1.807) is 0 Å². The summed E-state index contributed by atoms with van der Waals surface area (Å²) in [7, 11) is 0. The molecule has 0 amide bonds. The minimum atomic E-state index is 0.514. The predicted molar refractivity (Wildman–Crippen MR) is 63.0 cm³/mol. The van der Waals surface area contributed by atoms with Gasteiger partial charge < -0.3 is 10.1 Å². The zero-order chi connectivity index (χ0) is 10.7. The van der Waals surface area contributed by atoms with Crippen LogP contribution in [-0.2, 0) is 4.74 Å². The normalized spacial score (nSPS) is 40.4. The van der Waals surface area contributed by atoms with E-state index in [1.165, 1.54) is 38.5 Å².